The molecule has 27 heavy (non-hydrogen) atoms. The van der Waals surface area contributed by atoms with Crippen LogP contribution in [0.15, 0.2) is 23.4 Å². The number of nitrogens with zero attached hydrogens (tertiary/aromatic N) is 3. The molecule has 2 aromatic rings. The molecule has 2 heterocycles. The summed E-state index contributed by atoms with van der Waals surface area (Å²) in [5.74, 6) is 0.0469. The van der Waals surface area contributed by atoms with Gasteiger partial charge in [0.1, 0.15) is 5.82 Å². The number of aliphatic hydroxyl groups excluding tert-OH is 1. The second-order valence-electron chi connectivity index (χ2n) is 6.50. The summed E-state index contributed by atoms with van der Waals surface area (Å²) < 4.78 is 64.2. The first kappa shape index (κ1) is 19.6. The van der Waals surface area contributed by atoms with Gasteiger partial charge in [-0.05, 0) is 25.0 Å². The maximum absolute atomic E-state index is 13.4. The minimum absolute atomic E-state index is 0.0184. The molecular weight excluding hydrogens is 385 g/mol. The number of anilines is 1. The third-order valence-electron chi connectivity index (χ3n) is 4.45. The van der Waals surface area contributed by atoms with E-state index in [1.807, 2.05) is 0 Å². The summed E-state index contributed by atoms with van der Waals surface area (Å²) in [7, 11) is -3.54. The van der Waals surface area contributed by atoms with Crippen LogP contribution in [0.25, 0.3) is 5.69 Å². The summed E-state index contributed by atoms with van der Waals surface area (Å²) in [5.41, 5.74) is -1.37. The van der Waals surface area contributed by atoms with E-state index >= 15 is 0 Å². The van der Waals surface area contributed by atoms with Crippen molar-refractivity contribution in [1.29, 1.82) is 0 Å². The molecule has 0 unspecified atom stereocenters. The fourth-order valence-electron chi connectivity index (χ4n) is 3.14. The quantitative estimate of drug-likeness (QED) is 0.795. The number of rotatable bonds is 5. The molecular formula is C16H19F3N4O3S. The van der Waals surface area contributed by atoms with Crippen LogP contribution in [0.4, 0.5) is 19.0 Å². The van der Waals surface area contributed by atoms with Crippen molar-refractivity contribution < 1.29 is 26.7 Å². The molecule has 2 aromatic heterocycles. The monoisotopic (exact) mass is 404 g/mol. The second kappa shape index (κ2) is 7.12. The molecule has 3 rings (SSSR count). The molecule has 0 spiro atoms. The lowest BCUT2D eigenvalue weighted by Gasteiger charge is -2.16. The van der Waals surface area contributed by atoms with Gasteiger partial charge in [0.05, 0.1) is 24.1 Å². The van der Waals surface area contributed by atoms with Gasteiger partial charge in [0.25, 0.3) is 0 Å². The SMILES string of the molecule is CS(=O)(=O)c1ccc(-n2nc(C(F)(F)F)c(CO)c2NC2CCCC2)cn1. The molecule has 0 radical (unpaired) electrons. The van der Waals surface area contributed by atoms with Crippen LogP contribution in [0.3, 0.4) is 0 Å². The third-order valence-corrected chi connectivity index (χ3v) is 5.45. The van der Waals surface area contributed by atoms with Crippen molar-refractivity contribution >= 4 is 15.7 Å². The van der Waals surface area contributed by atoms with Crippen LogP contribution in [0, 0.1) is 0 Å². The molecule has 0 amide bonds. The third kappa shape index (κ3) is 4.08. The Hall–Kier alpha value is -2.14. The normalized spacial score (nSPS) is 16.0. The predicted molar refractivity (Wildman–Crippen MR) is 91.3 cm³/mol. The van der Waals surface area contributed by atoms with Crippen molar-refractivity contribution in [3.05, 3.63) is 29.6 Å². The number of pyridine rings is 1. The zero-order valence-corrected chi connectivity index (χ0v) is 15.3. The summed E-state index contributed by atoms with van der Waals surface area (Å²) in [5, 5.41) is 16.1. The predicted octanol–water partition coefficient (Wildman–Crippen LogP) is 2.54. The van der Waals surface area contributed by atoms with Crippen LogP contribution in [0.2, 0.25) is 0 Å². The first-order valence-corrected chi connectivity index (χ1v) is 10.2. The zero-order chi connectivity index (χ0) is 19.8. The van der Waals surface area contributed by atoms with Crippen molar-refractivity contribution in [3.8, 4) is 5.69 Å². The first-order chi connectivity index (χ1) is 12.6. The summed E-state index contributed by atoms with van der Waals surface area (Å²) in [6.45, 7) is -0.835. The lowest BCUT2D eigenvalue weighted by atomic mass is 10.2. The van der Waals surface area contributed by atoms with Gasteiger partial charge in [0, 0.05) is 12.3 Å². The van der Waals surface area contributed by atoms with Crippen molar-refractivity contribution in [2.45, 2.75) is 49.5 Å². The Morgan fingerprint density at radius 1 is 1.30 bits per heavy atom. The highest BCUT2D eigenvalue weighted by Gasteiger charge is 2.39. The highest BCUT2D eigenvalue weighted by molar-refractivity contribution is 7.90. The second-order valence-corrected chi connectivity index (χ2v) is 8.46. The Morgan fingerprint density at radius 3 is 2.44 bits per heavy atom. The molecule has 1 aliphatic carbocycles. The molecule has 11 heteroatoms. The van der Waals surface area contributed by atoms with Crippen molar-refractivity contribution in [1.82, 2.24) is 14.8 Å². The molecule has 0 atom stereocenters. The number of aliphatic hydroxyl groups is 1. The Kier molecular flexibility index (Phi) is 5.17. The first-order valence-electron chi connectivity index (χ1n) is 8.34. The Labute approximate surface area is 154 Å². The van der Waals surface area contributed by atoms with Crippen molar-refractivity contribution in [2.24, 2.45) is 0 Å². The van der Waals surface area contributed by atoms with Gasteiger partial charge < -0.3 is 10.4 Å². The van der Waals surface area contributed by atoms with Gasteiger partial charge in [0.15, 0.2) is 20.6 Å². The van der Waals surface area contributed by atoms with Gasteiger partial charge in [-0.1, -0.05) is 12.8 Å². The molecule has 148 valence electrons. The Balaban J connectivity index is 2.10. The molecule has 0 bridgehead atoms. The van der Waals surface area contributed by atoms with E-state index in [2.05, 4.69) is 15.4 Å². The van der Waals surface area contributed by atoms with Crippen molar-refractivity contribution in [3.63, 3.8) is 0 Å². The largest absolute Gasteiger partial charge is 0.435 e. The molecule has 2 N–H and O–H groups in total. The maximum atomic E-state index is 13.4. The molecule has 1 fully saturated rings. The van der Waals surface area contributed by atoms with Gasteiger partial charge in [-0.3, -0.25) is 0 Å². The number of nitrogens with one attached hydrogen (secondary N) is 1. The maximum Gasteiger partial charge on any atom is 0.435 e. The van der Waals surface area contributed by atoms with Crippen LogP contribution >= 0.6 is 0 Å². The minimum Gasteiger partial charge on any atom is -0.391 e. The lowest BCUT2D eigenvalue weighted by Crippen LogP contribution is -2.18. The molecule has 0 aliphatic heterocycles. The lowest BCUT2D eigenvalue weighted by molar-refractivity contribution is -0.142. The van der Waals surface area contributed by atoms with Gasteiger partial charge in [-0.2, -0.15) is 18.3 Å². The van der Waals surface area contributed by atoms with Crippen LogP contribution in [-0.4, -0.2) is 40.6 Å². The van der Waals surface area contributed by atoms with Crippen LogP contribution in [0.5, 0.6) is 0 Å². The number of sulfone groups is 1. The number of alkyl halides is 3. The molecule has 1 saturated carbocycles. The van der Waals surface area contributed by atoms with Gasteiger partial charge in [0.2, 0.25) is 0 Å². The fourth-order valence-corrected chi connectivity index (χ4v) is 3.70. The van der Waals surface area contributed by atoms with E-state index in [0.717, 1.165) is 42.8 Å². The highest BCUT2D eigenvalue weighted by atomic mass is 32.2. The van der Waals surface area contributed by atoms with Gasteiger partial charge in [-0.25, -0.2) is 18.1 Å². The number of halogens is 3. The van der Waals surface area contributed by atoms with Gasteiger partial charge >= 0.3 is 6.18 Å². The van der Waals surface area contributed by atoms with E-state index in [4.69, 9.17) is 0 Å². The average molecular weight is 404 g/mol. The molecule has 1 aliphatic rings. The van der Waals surface area contributed by atoms with E-state index in [1.54, 1.807) is 0 Å². The number of aromatic nitrogens is 3. The summed E-state index contributed by atoms with van der Waals surface area (Å²) in [6, 6.07) is 2.52. The van der Waals surface area contributed by atoms with Crippen molar-refractivity contribution in [2.75, 3.05) is 11.6 Å². The topological polar surface area (TPSA) is 97.1 Å². The van der Waals surface area contributed by atoms with Crippen LogP contribution < -0.4 is 5.32 Å². The smallest absolute Gasteiger partial charge is 0.391 e. The number of hydrogen-bond acceptors (Lipinski definition) is 6. The average Bonchev–Trinajstić information content (AvgIpc) is 3.21. The van der Waals surface area contributed by atoms with E-state index in [1.165, 1.54) is 12.1 Å². The minimum atomic E-state index is -4.74. The van der Waals surface area contributed by atoms with Gasteiger partial charge in [-0.15, -0.1) is 0 Å². The molecule has 0 aromatic carbocycles. The molecule has 0 saturated heterocycles. The summed E-state index contributed by atoms with van der Waals surface area (Å²) in [6.07, 6.45) is 0.945. The number of hydrogen-bond donors (Lipinski definition) is 2. The Morgan fingerprint density at radius 2 is 1.96 bits per heavy atom. The summed E-state index contributed by atoms with van der Waals surface area (Å²) >= 11 is 0. The van der Waals surface area contributed by atoms with Crippen LogP contribution in [0.1, 0.15) is 36.9 Å². The van der Waals surface area contributed by atoms with E-state index in [0.29, 0.717) is 0 Å². The summed E-state index contributed by atoms with van der Waals surface area (Å²) in [4.78, 5) is 3.81. The van der Waals surface area contributed by atoms with E-state index in [-0.39, 0.29) is 28.1 Å². The zero-order valence-electron chi connectivity index (χ0n) is 14.5. The highest BCUT2D eigenvalue weighted by Crippen LogP contribution is 2.37. The van der Waals surface area contributed by atoms with E-state index < -0.39 is 28.3 Å². The standard InChI is InChI=1S/C16H19F3N4O3S/c1-27(25,26)13-7-6-11(8-20-13)23-15(21-10-4-2-3-5-10)12(9-24)14(22-23)16(17,18)19/h6-8,10,21,24H,2-5,9H2,1H3. The molecule has 7 nitrogen and oxygen atoms in total. The van der Waals surface area contributed by atoms with Crippen LogP contribution in [-0.2, 0) is 22.6 Å². The Bertz CT molecular complexity index is 918. The van der Waals surface area contributed by atoms with E-state index in [9.17, 15) is 26.7 Å². The fraction of sp³-hybridized carbons (Fsp3) is 0.500.